The largest absolute Gasteiger partial charge is 0.368 e. The van der Waals surface area contributed by atoms with Crippen molar-refractivity contribution in [2.45, 2.75) is 69.9 Å². The highest BCUT2D eigenvalue weighted by Crippen LogP contribution is 2.38. The van der Waals surface area contributed by atoms with Gasteiger partial charge in [0.15, 0.2) is 0 Å². The molecule has 1 amide bonds. The number of amides is 1. The lowest BCUT2D eigenvalue weighted by Crippen LogP contribution is -2.55. The predicted molar refractivity (Wildman–Crippen MR) is 85.0 cm³/mol. The highest BCUT2D eigenvalue weighted by atomic mass is 16.1. The van der Waals surface area contributed by atoms with Crippen LogP contribution in [-0.2, 0) is 16.8 Å². The van der Waals surface area contributed by atoms with Gasteiger partial charge in [-0.1, -0.05) is 49.4 Å². The molecule has 3 N–H and O–H groups in total. The molecule has 0 radical (unpaired) electrons. The summed E-state index contributed by atoms with van der Waals surface area (Å²) in [6.07, 6.45) is 9.22. The first-order chi connectivity index (χ1) is 10.1. The molecule has 0 aromatic heterocycles. The van der Waals surface area contributed by atoms with Gasteiger partial charge in [0.1, 0.15) is 5.54 Å². The minimum atomic E-state index is -0.643. The number of benzene rings is 1. The second kappa shape index (κ2) is 5.80. The second-order valence-corrected chi connectivity index (χ2v) is 6.76. The van der Waals surface area contributed by atoms with Gasteiger partial charge in [-0.3, -0.25) is 10.1 Å². The normalized spacial score (nSPS) is 26.3. The molecule has 2 aliphatic carbocycles. The smallest absolute Gasteiger partial charge is 0.242 e. The lowest BCUT2D eigenvalue weighted by Gasteiger charge is -2.33. The third-order valence-corrected chi connectivity index (χ3v) is 5.22. The number of primary amides is 1. The summed E-state index contributed by atoms with van der Waals surface area (Å²) in [5.74, 6) is -0.212. The molecule has 3 rings (SSSR count). The van der Waals surface area contributed by atoms with E-state index in [1.807, 2.05) is 0 Å². The molecule has 1 aromatic carbocycles. The maximum absolute atomic E-state index is 12.3. The summed E-state index contributed by atoms with van der Waals surface area (Å²) in [5.41, 5.74) is 8.81. The van der Waals surface area contributed by atoms with Crippen LogP contribution in [0.2, 0.25) is 0 Å². The van der Waals surface area contributed by atoms with E-state index in [1.165, 1.54) is 36.8 Å². The maximum atomic E-state index is 12.3. The summed E-state index contributed by atoms with van der Waals surface area (Å²) in [7, 11) is 0. The van der Waals surface area contributed by atoms with E-state index in [1.54, 1.807) is 0 Å². The third-order valence-electron chi connectivity index (χ3n) is 5.22. The van der Waals surface area contributed by atoms with Gasteiger partial charge in [0, 0.05) is 6.04 Å². The zero-order chi connectivity index (χ0) is 14.9. The van der Waals surface area contributed by atoms with E-state index >= 15 is 0 Å². The van der Waals surface area contributed by atoms with Crippen LogP contribution in [0, 0.1) is 6.92 Å². The van der Waals surface area contributed by atoms with Crippen molar-refractivity contribution >= 4 is 5.91 Å². The lowest BCUT2D eigenvalue weighted by atomic mass is 9.88. The molecule has 1 saturated carbocycles. The molecule has 1 atom stereocenters. The second-order valence-electron chi connectivity index (χ2n) is 6.76. The van der Waals surface area contributed by atoms with Crippen LogP contribution in [-0.4, -0.2) is 11.9 Å². The molecule has 1 fully saturated rings. The Morgan fingerprint density at radius 3 is 2.62 bits per heavy atom. The number of hydrogen-bond acceptors (Lipinski definition) is 2. The van der Waals surface area contributed by atoms with Gasteiger partial charge in [-0.25, -0.2) is 0 Å². The van der Waals surface area contributed by atoms with Gasteiger partial charge in [-0.2, -0.15) is 0 Å². The van der Waals surface area contributed by atoms with E-state index in [4.69, 9.17) is 5.73 Å². The van der Waals surface area contributed by atoms with Crippen LogP contribution in [0.1, 0.15) is 61.6 Å². The van der Waals surface area contributed by atoms with Crippen molar-refractivity contribution in [3.8, 4) is 0 Å². The molecule has 2 aliphatic rings. The third kappa shape index (κ3) is 2.71. The molecule has 1 aromatic rings. The van der Waals surface area contributed by atoms with Crippen LogP contribution in [0.5, 0.6) is 0 Å². The Kier molecular flexibility index (Phi) is 4.03. The van der Waals surface area contributed by atoms with Crippen molar-refractivity contribution < 1.29 is 4.79 Å². The average Bonchev–Trinajstić information content (AvgIpc) is 2.64. The minimum absolute atomic E-state index is 0.212. The summed E-state index contributed by atoms with van der Waals surface area (Å²) < 4.78 is 0. The first kappa shape index (κ1) is 14.6. The number of nitrogens with two attached hydrogens (primary N) is 1. The number of carbonyl (C=O) groups is 1. The summed E-state index contributed by atoms with van der Waals surface area (Å²) in [5, 5.41) is 3.68. The summed E-state index contributed by atoms with van der Waals surface area (Å²) >= 11 is 0. The van der Waals surface area contributed by atoms with Gasteiger partial charge in [-0.05, 0) is 43.7 Å². The van der Waals surface area contributed by atoms with E-state index in [9.17, 15) is 4.79 Å². The standard InChI is InChI=1S/C18H26N2O/c1-13-8-9-14-10-11-18(17(19)21,16(14)12-13)20-15-6-4-2-3-5-7-15/h8-9,12,15,20H,2-7,10-11H2,1H3,(H2,19,21). The molecule has 3 nitrogen and oxygen atoms in total. The highest BCUT2D eigenvalue weighted by molar-refractivity contribution is 5.87. The molecule has 1 unspecified atom stereocenters. The van der Waals surface area contributed by atoms with Crippen LogP contribution < -0.4 is 11.1 Å². The predicted octanol–water partition coefficient (Wildman–Crippen LogP) is 2.93. The minimum Gasteiger partial charge on any atom is -0.368 e. The Morgan fingerprint density at radius 2 is 1.95 bits per heavy atom. The van der Waals surface area contributed by atoms with E-state index in [2.05, 4.69) is 30.4 Å². The van der Waals surface area contributed by atoms with Crippen molar-refractivity contribution in [2.24, 2.45) is 5.73 Å². The van der Waals surface area contributed by atoms with Gasteiger partial charge in [0.05, 0.1) is 0 Å². The number of nitrogens with one attached hydrogen (secondary N) is 1. The zero-order valence-electron chi connectivity index (χ0n) is 13.0. The fourth-order valence-corrected chi connectivity index (χ4v) is 4.01. The first-order valence-corrected chi connectivity index (χ1v) is 8.29. The van der Waals surface area contributed by atoms with E-state index in [0.717, 1.165) is 31.2 Å². The molecule has 0 heterocycles. The summed E-state index contributed by atoms with van der Waals surface area (Å²) in [6, 6.07) is 6.86. The van der Waals surface area contributed by atoms with Gasteiger partial charge in [0.25, 0.3) is 0 Å². The highest BCUT2D eigenvalue weighted by Gasteiger charge is 2.45. The Bertz CT molecular complexity index is 532. The quantitative estimate of drug-likeness (QED) is 0.839. The van der Waals surface area contributed by atoms with Crippen LogP contribution in [0.15, 0.2) is 18.2 Å². The van der Waals surface area contributed by atoms with E-state index in [0.29, 0.717) is 6.04 Å². The fraction of sp³-hybridized carbons (Fsp3) is 0.611. The van der Waals surface area contributed by atoms with E-state index < -0.39 is 5.54 Å². The van der Waals surface area contributed by atoms with Crippen molar-refractivity contribution in [3.63, 3.8) is 0 Å². The number of rotatable bonds is 3. The lowest BCUT2D eigenvalue weighted by molar-refractivity contribution is -0.125. The van der Waals surface area contributed by atoms with Crippen molar-refractivity contribution in [3.05, 3.63) is 34.9 Å². The number of aryl methyl sites for hydroxylation is 2. The summed E-state index contributed by atoms with van der Waals surface area (Å²) in [4.78, 5) is 12.3. The molecule has 21 heavy (non-hydrogen) atoms. The Labute approximate surface area is 127 Å². The zero-order valence-corrected chi connectivity index (χ0v) is 13.0. The van der Waals surface area contributed by atoms with Crippen LogP contribution in [0.25, 0.3) is 0 Å². The fourth-order valence-electron chi connectivity index (χ4n) is 4.01. The molecule has 0 saturated heterocycles. The molecule has 0 spiro atoms. The molecule has 114 valence electrons. The van der Waals surface area contributed by atoms with Crippen LogP contribution in [0.3, 0.4) is 0 Å². The maximum Gasteiger partial charge on any atom is 0.242 e. The Balaban J connectivity index is 1.91. The average molecular weight is 286 g/mol. The van der Waals surface area contributed by atoms with Crippen molar-refractivity contribution in [2.75, 3.05) is 0 Å². The summed E-state index contributed by atoms with van der Waals surface area (Å²) in [6.45, 7) is 2.08. The molecule has 0 bridgehead atoms. The molecule has 0 aliphatic heterocycles. The van der Waals surface area contributed by atoms with Gasteiger partial charge in [0.2, 0.25) is 5.91 Å². The van der Waals surface area contributed by atoms with Gasteiger partial charge < -0.3 is 5.73 Å². The molecular weight excluding hydrogens is 260 g/mol. The number of carbonyl (C=O) groups excluding carboxylic acids is 1. The van der Waals surface area contributed by atoms with E-state index in [-0.39, 0.29) is 5.91 Å². The topological polar surface area (TPSA) is 55.1 Å². The SMILES string of the molecule is Cc1ccc2c(c1)C(NC1CCCCCC1)(C(N)=O)CC2. The van der Waals surface area contributed by atoms with Gasteiger partial charge >= 0.3 is 0 Å². The van der Waals surface area contributed by atoms with Crippen LogP contribution >= 0.6 is 0 Å². The Hall–Kier alpha value is -1.35. The molecular formula is C18H26N2O. The van der Waals surface area contributed by atoms with Crippen molar-refractivity contribution in [1.82, 2.24) is 5.32 Å². The number of fused-ring (bicyclic) bond motifs is 1. The van der Waals surface area contributed by atoms with Crippen molar-refractivity contribution in [1.29, 1.82) is 0 Å². The molecule has 3 heteroatoms. The first-order valence-electron chi connectivity index (χ1n) is 8.29. The number of hydrogen-bond donors (Lipinski definition) is 2. The Morgan fingerprint density at radius 1 is 1.24 bits per heavy atom. The monoisotopic (exact) mass is 286 g/mol. The van der Waals surface area contributed by atoms with Gasteiger partial charge in [-0.15, -0.1) is 0 Å². The van der Waals surface area contributed by atoms with Crippen LogP contribution in [0.4, 0.5) is 0 Å².